The van der Waals surface area contributed by atoms with Crippen LogP contribution in [0, 0.1) is 6.92 Å². The molecule has 1 atom stereocenters. The van der Waals surface area contributed by atoms with Gasteiger partial charge in [-0.25, -0.2) is 9.59 Å². The van der Waals surface area contributed by atoms with Crippen LogP contribution < -0.4 is 14.2 Å². The fraction of sp³-hybridized carbons (Fsp3) is 0.250. The van der Waals surface area contributed by atoms with Crippen LogP contribution in [0.25, 0.3) is 0 Å². The molecule has 10 nitrogen and oxygen atoms in total. The van der Waals surface area contributed by atoms with Crippen molar-refractivity contribution in [3.63, 3.8) is 0 Å². The van der Waals surface area contributed by atoms with Crippen LogP contribution in [-0.2, 0) is 16.1 Å². The van der Waals surface area contributed by atoms with E-state index in [0.717, 1.165) is 0 Å². The van der Waals surface area contributed by atoms with Gasteiger partial charge in [-0.15, -0.1) is 0 Å². The fourth-order valence-electron chi connectivity index (χ4n) is 3.59. The normalized spacial score (nSPS) is 16.5. The van der Waals surface area contributed by atoms with Gasteiger partial charge in [0.1, 0.15) is 22.6 Å². The van der Waals surface area contributed by atoms with E-state index in [4.69, 9.17) is 23.7 Å². The Bertz CT molecular complexity index is 1120. The molecule has 0 bridgehead atoms. The van der Waals surface area contributed by atoms with Crippen molar-refractivity contribution in [3.8, 4) is 28.7 Å². The van der Waals surface area contributed by atoms with Crippen molar-refractivity contribution in [1.29, 1.82) is 0 Å². The highest BCUT2D eigenvalue weighted by atomic mass is 16.7. The zero-order valence-electron chi connectivity index (χ0n) is 16.1. The molecule has 2 heterocycles. The van der Waals surface area contributed by atoms with E-state index in [-0.39, 0.29) is 50.8 Å². The number of aldehydes is 1. The molecule has 2 aliphatic rings. The second kappa shape index (κ2) is 7.01. The van der Waals surface area contributed by atoms with Crippen molar-refractivity contribution in [2.45, 2.75) is 19.8 Å². The lowest BCUT2D eigenvalue weighted by Gasteiger charge is -2.18. The first kappa shape index (κ1) is 19.7. The van der Waals surface area contributed by atoms with Crippen LogP contribution in [0.3, 0.4) is 0 Å². The van der Waals surface area contributed by atoms with E-state index in [0.29, 0.717) is 11.8 Å². The van der Waals surface area contributed by atoms with Gasteiger partial charge in [-0.05, 0) is 18.6 Å². The van der Waals surface area contributed by atoms with Crippen molar-refractivity contribution in [2.75, 3.05) is 14.2 Å². The predicted octanol–water partition coefficient (Wildman–Crippen LogP) is 2.15. The molecule has 0 aromatic heterocycles. The average molecular weight is 416 g/mol. The molecule has 10 heteroatoms. The van der Waals surface area contributed by atoms with Crippen molar-refractivity contribution in [2.24, 2.45) is 0 Å². The Balaban J connectivity index is 2.11. The van der Waals surface area contributed by atoms with Gasteiger partial charge in [-0.3, -0.25) is 4.79 Å². The Kier molecular flexibility index (Phi) is 4.60. The number of benzene rings is 2. The van der Waals surface area contributed by atoms with Crippen LogP contribution in [0.5, 0.6) is 28.7 Å². The minimum Gasteiger partial charge on any atom is -0.507 e. The Morgan fingerprint density at radius 3 is 2.43 bits per heavy atom. The Hall–Kier alpha value is -3.63. The molecule has 1 unspecified atom stereocenters. The lowest BCUT2D eigenvalue weighted by atomic mass is 10.0. The second-order valence-corrected chi connectivity index (χ2v) is 6.53. The van der Waals surface area contributed by atoms with E-state index in [9.17, 15) is 24.6 Å². The topological polar surface area (TPSA) is 138 Å². The monoisotopic (exact) mass is 416 g/mol. The summed E-state index contributed by atoms with van der Waals surface area (Å²) < 4.78 is 26.8. The molecule has 2 N–H and O–H groups in total. The molecule has 2 aromatic rings. The molecule has 4 rings (SSSR count). The van der Waals surface area contributed by atoms with Crippen LogP contribution in [0.15, 0.2) is 6.07 Å². The number of rotatable bonds is 4. The van der Waals surface area contributed by atoms with Gasteiger partial charge in [0.15, 0.2) is 23.5 Å². The van der Waals surface area contributed by atoms with Gasteiger partial charge in [0.2, 0.25) is 6.29 Å². The number of methoxy groups -OCH3 is 2. The maximum Gasteiger partial charge on any atom is 0.347 e. The minimum atomic E-state index is -1.27. The average Bonchev–Trinajstić information content (AvgIpc) is 2.98. The van der Waals surface area contributed by atoms with Gasteiger partial charge in [0.25, 0.3) is 0 Å². The number of fused-ring (bicyclic) bond motifs is 4. The van der Waals surface area contributed by atoms with Gasteiger partial charge >= 0.3 is 11.9 Å². The van der Waals surface area contributed by atoms with E-state index in [2.05, 4.69) is 0 Å². The van der Waals surface area contributed by atoms with Crippen LogP contribution in [0.4, 0.5) is 0 Å². The highest BCUT2D eigenvalue weighted by Gasteiger charge is 2.44. The van der Waals surface area contributed by atoms with E-state index in [1.807, 2.05) is 0 Å². The number of aliphatic hydroxyl groups excluding tert-OH is 1. The van der Waals surface area contributed by atoms with E-state index >= 15 is 0 Å². The highest BCUT2D eigenvalue weighted by Crippen LogP contribution is 2.54. The molecule has 0 spiro atoms. The third-order valence-corrected chi connectivity index (χ3v) is 4.96. The molecule has 0 saturated heterocycles. The van der Waals surface area contributed by atoms with Gasteiger partial charge in [-0.2, -0.15) is 0 Å². The lowest BCUT2D eigenvalue weighted by molar-refractivity contribution is -0.0823. The first-order valence-electron chi connectivity index (χ1n) is 8.70. The molecule has 0 radical (unpaired) electrons. The summed E-state index contributed by atoms with van der Waals surface area (Å²) in [6.45, 7) is 0.818. The number of carbonyl (C=O) groups is 3. The summed E-state index contributed by atoms with van der Waals surface area (Å²) in [5.41, 5.74) is -0.301. The largest absolute Gasteiger partial charge is 0.507 e. The number of cyclic esters (lactones) is 1. The Morgan fingerprint density at radius 2 is 1.83 bits per heavy atom. The Labute approximate surface area is 169 Å². The van der Waals surface area contributed by atoms with Crippen molar-refractivity contribution in [1.82, 2.24) is 0 Å². The molecule has 30 heavy (non-hydrogen) atoms. The van der Waals surface area contributed by atoms with Gasteiger partial charge < -0.3 is 33.9 Å². The highest BCUT2D eigenvalue weighted by molar-refractivity contribution is 6.03. The summed E-state index contributed by atoms with van der Waals surface area (Å²) in [6, 6.07) is 1.47. The Morgan fingerprint density at radius 1 is 1.10 bits per heavy atom. The van der Waals surface area contributed by atoms with Crippen LogP contribution in [-0.4, -0.2) is 42.7 Å². The van der Waals surface area contributed by atoms with E-state index in [1.165, 1.54) is 20.3 Å². The molecular weight excluding hydrogens is 400 g/mol. The maximum absolute atomic E-state index is 12.9. The number of aromatic hydroxyl groups is 1. The summed E-state index contributed by atoms with van der Waals surface area (Å²) in [6.07, 6.45) is -0.815. The number of ether oxygens (including phenoxy) is 5. The van der Waals surface area contributed by atoms with Crippen molar-refractivity contribution < 1.29 is 48.3 Å². The number of aliphatic hydroxyl groups is 1. The maximum atomic E-state index is 12.9. The van der Waals surface area contributed by atoms with Gasteiger partial charge in [0.05, 0.1) is 30.4 Å². The van der Waals surface area contributed by atoms with Crippen LogP contribution >= 0.6 is 0 Å². The number of esters is 2. The van der Waals surface area contributed by atoms with Gasteiger partial charge in [0, 0.05) is 7.11 Å². The summed E-state index contributed by atoms with van der Waals surface area (Å²) in [7, 11) is 2.61. The molecule has 0 amide bonds. The predicted molar refractivity (Wildman–Crippen MR) is 97.3 cm³/mol. The number of hydrogen-bond donors (Lipinski definition) is 2. The van der Waals surface area contributed by atoms with Crippen LogP contribution in [0.1, 0.15) is 54.1 Å². The quantitative estimate of drug-likeness (QED) is 0.433. The summed E-state index contributed by atoms with van der Waals surface area (Å²) in [4.78, 5) is 37.0. The number of hydrogen-bond acceptors (Lipinski definition) is 10. The molecule has 2 aliphatic heterocycles. The number of carbonyl (C=O) groups excluding carboxylic acids is 3. The van der Waals surface area contributed by atoms with E-state index in [1.54, 1.807) is 6.92 Å². The molecule has 0 fully saturated rings. The zero-order chi connectivity index (χ0) is 21.7. The smallest absolute Gasteiger partial charge is 0.347 e. The molecule has 0 aliphatic carbocycles. The standard InChI is InChI=1S/C20H16O10/c1-7-4-10(26-2)8(5-21)15-11(7)18(24)29-16-9(6-22)14(23)12-13(17(16)28-15)20(27-3)30-19(12)25/h4-5,20,22-23H,6H2,1-3H3. The first-order valence-corrected chi connectivity index (χ1v) is 8.70. The second-order valence-electron chi connectivity index (χ2n) is 6.53. The van der Waals surface area contributed by atoms with Crippen LogP contribution in [0.2, 0.25) is 0 Å². The molecule has 156 valence electrons. The number of phenols is 1. The van der Waals surface area contributed by atoms with Crippen molar-refractivity contribution in [3.05, 3.63) is 39.4 Å². The number of aryl methyl sites for hydroxylation is 1. The molecule has 0 saturated carbocycles. The molecule has 2 aromatic carbocycles. The van der Waals surface area contributed by atoms with Crippen molar-refractivity contribution >= 4 is 18.2 Å². The summed E-state index contributed by atoms with van der Waals surface area (Å²) >= 11 is 0. The fourth-order valence-corrected chi connectivity index (χ4v) is 3.59. The minimum absolute atomic E-state index is 0.0369. The third-order valence-electron chi connectivity index (χ3n) is 4.96. The first-order chi connectivity index (χ1) is 14.4. The zero-order valence-corrected chi connectivity index (χ0v) is 16.1. The third kappa shape index (κ3) is 2.54. The SMILES string of the molecule is COc1cc(C)c2c(c1C=O)Oc1c(c(CO)c(O)c3c1C(OC)OC3=O)OC2=O. The molecular formula is C20H16O10. The van der Waals surface area contributed by atoms with Gasteiger partial charge in [-0.1, -0.05) is 0 Å². The van der Waals surface area contributed by atoms with E-state index < -0.39 is 30.6 Å². The summed E-state index contributed by atoms with van der Waals surface area (Å²) in [5, 5.41) is 20.3. The lowest BCUT2D eigenvalue weighted by Crippen LogP contribution is -2.12. The summed E-state index contributed by atoms with van der Waals surface area (Å²) in [5.74, 6) is -2.94.